The van der Waals surface area contributed by atoms with E-state index in [2.05, 4.69) is 4.72 Å². The van der Waals surface area contributed by atoms with Crippen molar-refractivity contribution in [1.29, 1.82) is 0 Å². The van der Waals surface area contributed by atoms with E-state index < -0.39 is 16.1 Å². The number of primary amides is 1. The number of hydrogen-bond donors (Lipinski definition) is 2. The third-order valence-corrected chi connectivity index (χ3v) is 2.78. The van der Waals surface area contributed by atoms with Gasteiger partial charge >= 0.3 is 6.03 Å². The van der Waals surface area contributed by atoms with Crippen molar-refractivity contribution in [3.63, 3.8) is 0 Å². The van der Waals surface area contributed by atoms with Crippen LogP contribution >= 0.6 is 0 Å². The second-order valence-electron chi connectivity index (χ2n) is 3.38. The van der Waals surface area contributed by atoms with Gasteiger partial charge in [-0.15, -0.1) is 0 Å². The van der Waals surface area contributed by atoms with Gasteiger partial charge in [-0.25, -0.2) is 17.9 Å². The number of rotatable bonds is 3. The smallest absolute Gasteiger partial charge is 0.315 e. The maximum atomic E-state index is 11.0. The zero-order chi connectivity index (χ0) is 11.5. The van der Waals surface area contributed by atoms with Gasteiger partial charge in [0.1, 0.15) is 0 Å². The summed E-state index contributed by atoms with van der Waals surface area (Å²) in [6.45, 7) is 1.25. The Hall–Kier alpha value is -0.860. The third-order valence-electron chi connectivity index (χ3n) is 2.09. The minimum atomic E-state index is -3.26. The standard InChI is InChI=1S/C7H15N3O4S/c1-15(12,13)9-4-6-5-14-3-2-10(6)7(8)11/h6,9H,2-5H2,1H3,(H2,8,11). The molecular formula is C7H15N3O4S. The van der Waals surface area contributed by atoms with E-state index >= 15 is 0 Å². The van der Waals surface area contributed by atoms with Crippen molar-refractivity contribution >= 4 is 16.1 Å². The number of ether oxygens (including phenoxy) is 1. The van der Waals surface area contributed by atoms with Gasteiger partial charge in [0.25, 0.3) is 0 Å². The Morgan fingerprint density at radius 3 is 2.87 bits per heavy atom. The lowest BCUT2D eigenvalue weighted by atomic mass is 10.2. The van der Waals surface area contributed by atoms with Crippen LogP contribution in [0.3, 0.4) is 0 Å². The summed E-state index contributed by atoms with van der Waals surface area (Å²) in [4.78, 5) is 12.4. The van der Waals surface area contributed by atoms with Gasteiger partial charge in [0.15, 0.2) is 0 Å². The van der Waals surface area contributed by atoms with Gasteiger partial charge in [-0.2, -0.15) is 0 Å². The highest BCUT2D eigenvalue weighted by molar-refractivity contribution is 7.88. The monoisotopic (exact) mass is 237 g/mol. The van der Waals surface area contributed by atoms with Gasteiger partial charge in [0.2, 0.25) is 10.0 Å². The number of nitrogens with two attached hydrogens (primary N) is 1. The molecule has 1 rings (SSSR count). The second kappa shape index (κ2) is 4.77. The highest BCUT2D eigenvalue weighted by Crippen LogP contribution is 2.05. The van der Waals surface area contributed by atoms with Crippen molar-refractivity contribution in [2.45, 2.75) is 6.04 Å². The average molecular weight is 237 g/mol. The SMILES string of the molecule is CS(=O)(=O)NCC1COCCN1C(N)=O. The minimum absolute atomic E-state index is 0.127. The van der Waals surface area contributed by atoms with Crippen molar-refractivity contribution in [3.05, 3.63) is 0 Å². The molecule has 15 heavy (non-hydrogen) atoms. The van der Waals surface area contributed by atoms with Crippen molar-refractivity contribution in [1.82, 2.24) is 9.62 Å². The molecule has 0 aliphatic carbocycles. The molecule has 2 amide bonds. The van der Waals surface area contributed by atoms with Crippen LogP contribution in [-0.4, -0.2) is 57.9 Å². The van der Waals surface area contributed by atoms with Crippen LogP contribution in [0.1, 0.15) is 0 Å². The number of nitrogens with zero attached hydrogens (tertiary/aromatic N) is 1. The quantitative estimate of drug-likeness (QED) is 0.611. The molecule has 0 bridgehead atoms. The largest absolute Gasteiger partial charge is 0.377 e. The van der Waals surface area contributed by atoms with Crippen molar-refractivity contribution in [3.8, 4) is 0 Å². The van der Waals surface area contributed by atoms with Crippen LogP contribution < -0.4 is 10.5 Å². The number of morpholine rings is 1. The molecule has 88 valence electrons. The molecule has 1 fully saturated rings. The molecule has 1 heterocycles. The van der Waals surface area contributed by atoms with Gasteiger partial charge in [-0.05, 0) is 0 Å². The Morgan fingerprint density at radius 2 is 2.33 bits per heavy atom. The molecular weight excluding hydrogens is 222 g/mol. The Morgan fingerprint density at radius 1 is 1.67 bits per heavy atom. The fraction of sp³-hybridized carbons (Fsp3) is 0.857. The summed E-state index contributed by atoms with van der Waals surface area (Å²) in [5.41, 5.74) is 5.15. The van der Waals surface area contributed by atoms with Crippen LogP contribution in [0.4, 0.5) is 4.79 Å². The number of urea groups is 1. The summed E-state index contributed by atoms with van der Waals surface area (Å²) in [6, 6.07) is -0.885. The first kappa shape index (κ1) is 12.2. The molecule has 1 atom stereocenters. The summed E-state index contributed by atoms with van der Waals surface area (Å²) in [6.07, 6.45) is 1.06. The molecule has 1 aliphatic heterocycles. The zero-order valence-corrected chi connectivity index (χ0v) is 9.29. The first-order valence-electron chi connectivity index (χ1n) is 4.48. The van der Waals surface area contributed by atoms with Gasteiger partial charge in [0, 0.05) is 13.1 Å². The van der Waals surface area contributed by atoms with E-state index in [-0.39, 0.29) is 12.6 Å². The molecule has 7 nitrogen and oxygen atoms in total. The highest BCUT2D eigenvalue weighted by atomic mass is 32.2. The number of carbonyl (C=O) groups excluding carboxylic acids is 1. The van der Waals surface area contributed by atoms with Gasteiger partial charge in [0.05, 0.1) is 25.5 Å². The first-order chi connectivity index (χ1) is 6.90. The molecule has 1 unspecified atom stereocenters. The van der Waals surface area contributed by atoms with E-state index in [1.165, 1.54) is 4.90 Å². The molecule has 0 aromatic rings. The Balaban J connectivity index is 2.54. The minimum Gasteiger partial charge on any atom is -0.377 e. The average Bonchev–Trinajstić information content (AvgIpc) is 2.14. The van der Waals surface area contributed by atoms with Crippen LogP contribution in [0.5, 0.6) is 0 Å². The molecule has 0 aromatic heterocycles. The number of amides is 2. The molecule has 1 saturated heterocycles. The highest BCUT2D eigenvalue weighted by Gasteiger charge is 2.26. The Kier molecular flexibility index (Phi) is 3.89. The van der Waals surface area contributed by atoms with E-state index in [1.54, 1.807) is 0 Å². The van der Waals surface area contributed by atoms with Crippen LogP contribution in [0.25, 0.3) is 0 Å². The number of sulfonamides is 1. The Bertz CT molecular complexity index is 329. The fourth-order valence-electron chi connectivity index (χ4n) is 1.36. The fourth-order valence-corrected chi connectivity index (χ4v) is 1.86. The van der Waals surface area contributed by atoms with E-state index in [0.29, 0.717) is 19.8 Å². The predicted molar refractivity (Wildman–Crippen MR) is 53.7 cm³/mol. The third kappa shape index (κ3) is 4.02. The molecule has 0 radical (unpaired) electrons. The van der Waals surface area contributed by atoms with E-state index in [0.717, 1.165) is 6.26 Å². The molecule has 8 heteroatoms. The molecule has 3 N–H and O–H groups in total. The van der Waals surface area contributed by atoms with Crippen LogP contribution in [0, 0.1) is 0 Å². The van der Waals surface area contributed by atoms with Crippen LogP contribution in [0.15, 0.2) is 0 Å². The summed E-state index contributed by atoms with van der Waals surface area (Å²) in [7, 11) is -3.26. The van der Waals surface area contributed by atoms with Crippen LogP contribution in [-0.2, 0) is 14.8 Å². The molecule has 0 spiro atoms. The van der Waals surface area contributed by atoms with Gasteiger partial charge in [-0.3, -0.25) is 0 Å². The van der Waals surface area contributed by atoms with E-state index in [1.807, 2.05) is 0 Å². The number of carbonyl (C=O) groups is 1. The predicted octanol–water partition coefficient (Wildman–Crippen LogP) is -1.68. The Labute approximate surface area is 88.6 Å². The summed E-state index contributed by atoms with van der Waals surface area (Å²) in [5.74, 6) is 0. The first-order valence-corrected chi connectivity index (χ1v) is 6.38. The summed E-state index contributed by atoms with van der Waals surface area (Å²) in [5, 5.41) is 0. The maximum Gasteiger partial charge on any atom is 0.315 e. The maximum absolute atomic E-state index is 11.0. The lowest BCUT2D eigenvalue weighted by Gasteiger charge is -2.34. The lowest BCUT2D eigenvalue weighted by Crippen LogP contribution is -2.55. The van der Waals surface area contributed by atoms with E-state index in [4.69, 9.17) is 10.5 Å². The molecule has 1 aliphatic rings. The van der Waals surface area contributed by atoms with Crippen LogP contribution in [0.2, 0.25) is 0 Å². The molecule has 0 aromatic carbocycles. The number of hydrogen-bond acceptors (Lipinski definition) is 4. The molecule has 0 saturated carbocycles. The van der Waals surface area contributed by atoms with Gasteiger partial charge in [-0.1, -0.05) is 0 Å². The van der Waals surface area contributed by atoms with Crippen molar-refractivity contribution in [2.75, 3.05) is 32.6 Å². The topological polar surface area (TPSA) is 102 Å². The second-order valence-corrected chi connectivity index (χ2v) is 5.21. The van der Waals surface area contributed by atoms with Crippen molar-refractivity contribution < 1.29 is 17.9 Å². The van der Waals surface area contributed by atoms with E-state index in [9.17, 15) is 13.2 Å². The van der Waals surface area contributed by atoms with Gasteiger partial charge < -0.3 is 15.4 Å². The lowest BCUT2D eigenvalue weighted by molar-refractivity contribution is 0.0166. The normalized spacial score (nSPS) is 22.7. The van der Waals surface area contributed by atoms with Crippen molar-refractivity contribution in [2.24, 2.45) is 5.73 Å². The summed E-state index contributed by atoms with van der Waals surface area (Å²) >= 11 is 0. The summed E-state index contributed by atoms with van der Waals surface area (Å²) < 4.78 is 29.2. The zero-order valence-electron chi connectivity index (χ0n) is 8.47. The number of nitrogens with one attached hydrogen (secondary N) is 1.